The standard InChI is InChI=1S/C20H26ClN3O3/c1-13-15(5-6-17(21)16(13)9-22)18-11-23-7-8-24(10-14(23)12-26-18)19(25)27-20(2,3)4/h5-6,14,18H,7-8,10-12H2,1-4H3/t14-,18-/m0/s1. The first-order chi connectivity index (χ1) is 12.7. The first-order valence-corrected chi connectivity index (χ1v) is 9.60. The van der Waals surface area contributed by atoms with Crippen molar-refractivity contribution in [3.8, 4) is 6.07 Å². The minimum absolute atomic E-state index is 0.0984. The van der Waals surface area contributed by atoms with Gasteiger partial charge in [0.05, 0.1) is 29.3 Å². The summed E-state index contributed by atoms with van der Waals surface area (Å²) in [6.07, 6.45) is -0.366. The number of morpholine rings is 1. The molecule has 2 heterocycles. The lowest BCUT2D eigenvalue weighted by Crippen LogP contribution is -2.60. The second-order valence-corrected chi connectivity index (χ2v) is 8.55. The van der Waals surface area contributed by atoms with E-state index >= 15 is 0 Å². The molecule has 2 fully saturated rings. The Bertz CT molecular complexity index is 769. The van der Waals surface area contributed by atoms with Crippen LogP contribution in [0.1, 0.15) is 43.6 Å². The molecule has 0 aliphatic carbocycles. The van der Waals surface area contributed by atoms with Gasteiger partial charge in [-0.3, -0.25) is 4.90 Å². The normalized spacial score (nSPS) is 23.5. The van der Waals surface area contributed by atoms with Crippen molar-refractivity contribution in [2.75, 3.05) is 32.8 Å². The zero-order chi connectivity index (χ0) is 19.8. The summed E-state index contributed by atoms with van der Waals surface area (Å²) in [6, 6.07) is 6.04. The molecular formula is C20H26ClN3O3. The highest BCUT2D eigenvalue weighted by molar-refractivity contribution is 6.31. The molecule has 0 saturated carbocycles. The molecule has 2 atom stereocenters. The zero-order valence-electron chi connectivity index (χ0n) is 16.3. The first kappa shape index (κ1) is 19.9. The number of fused-ring (bicyclic) bond motifs is 1. The number of halogens is 1. The first-order valence-electron chi connectivity index (χ1n) is 9.22. The Morgan fingerprint density at radius 2 is 2.07 bits per heavy atom. The van der Waals surface area contributed by atoms with Gasteiger partial charge in [0.15, 0.2) is 0 Å². The molecule has 2 saturated heterocycles. The monoisotopic (exact) mass is 391 g/mol. The molecule has 0 spiro atoms. The summed E-state index contributed by atoms with van der Waals surface area (Å²) in [5.41, 5.74) is 1.90. The van der Waals surface area contributed by atoms with Gasteiger partial charge in [0, 0.05) is 26.2 Å². The van der Waals surface area contributed by atoms with Gasteiger partial charge in [-0.05, 0) is 44.9 Å². The molecule has 0 radical (unpaired) electrons. The third-order valence-corrected chi connectivity index (χ3v) is 5.38. The Balaban J connectivity index is 1.67. The topological polar surface area (TPSA) is 65.8 Å². The van der Waals surface area contributed by atoms with Crippen LogP contribution in [0.15, 0.2) is 12.1 Å². The molecule has 0 aromatic heterocycles. The molecule has 2 aliphatic heterocycles. The maximum absolute atomic E-state index is 12.3. The van der Waals surface area contributed by atoms with E-state index in [-0.39, 0.29) is 18.2 Å². The van der Waals surface area contributed by atoms with E-state index in [1.165, 1.54) is 0 Å². The van der Waals surface area contributed by atoms with Crippen molar-refractivity contribution in [1.29, 1.82) is 5.26 Å². The van der Waals surface area contributed by atoms with Gasteiger partial charge in [0.2, 0.25) is 0 Å². The summed E-state index contributed by atoms with van der Waals surface area (Å²) in [6.45, 7) is 10.8. The molecule has 146 valence electrons. The highest BCUT2D eigenvalue weighted by Crippen LogP contribution is 2.32. The Kier molecular flexibility index (Phi) is 5.66. The largest absolute Gasteiger partial charge is 0.444 e. The number of piperazine rings is 1. The van der Waals surface area contributed by atoms with E-state index in [2.05, 4.69) is 11.0 Å². The Morgan fingerprint density at radius 1 is 1.33 bits per heavy atom. The van der Waals surface area contributed by atoms with E-state index in [1.807, 2.05) is 33.8 Å². The highest BCUT2D eigenvalue weighted by atomic mass is 35.5. The smallest absolute Gasteiger partial charge is 0.410 e. The number of carbonyl (C=O) groups excluding carboxylic acids is 1. The maximum Gasteiger partial charge on any atom is 0.410 e. The molecule has 6 nitrogen and oxygen atoms in total. The summed E-state index contributed by atoms with van der Waals surface area (Å²) >= 11 is 6.12. The summed E-state index contributed by atoms with van der Waals surface area (Å²) in [5, 5.41) is 9.81. The fourth-order valence-electron chi connectivity index (χ4n) is 3.65. The van der Waals surface area contributed by atoms with E-state index in [1.54, 1.807) is 11.0 Å². The van der Waals surface area contributed by atoms with Crippen LogP contribution in [-0.4, -0.2) is 60.3 Å². The molecule has 3 rings (SSSR count). The van der Waals surface area contributed by atoms with Crippen molar-refractivity contribution in [2.24, 2.45) is 0 Å². The van der Waals surface area contributed by atoms with Gasteiger partial charge in [-0.25, -0.2) is 4.79 Å². The highest BCUT2D eigenvalue weighted by Gasteiger charge is 2.37. The van der Waals surface area contributed by atoms with Gasteiger partial charge < -0.3 is 14.4 Å². The van der Waals surface area contributed by atoms with E-state index in [9.17, 15) is 10.1 Å². The SMILES string of the molecule is Cc1c([C@@H]2CN3CCN(C(=O)OC(C)(C)C)C[C@H]3CO2)ccc(Cl)c1C#N. The lowest BCUT2D eigenvalue weighted by atomic mass is 9.96. The van der Waals surface area contributed by atoms with Gasteiger partial charge in [-0.1, -0.05) is 17.7 Å². The number of nitrogens with zero attached hydrogens (tertiary/aromatic N) is 3. The number of nitriles is 1. The Labute approximate surface area is 165 Å². The van der Waals surface area contributed by atoms with Crippen molar-refractivity contribution >= 4 is 17.7 Å². The maximum atomic E-state index is 12.3. The minimum atomic E-state index is -0.493. The van der Waals surface area contributed by atoms with Crippen molar-refractivity contribution in [3.63, 3.8) is 0 Å². The molecular weight excluding hydrogens is 366 g/mol. The molecule has 0 bridgehead atoms. The van der Waals surface area contributed by atoms with Crippen LogP contribution in [0.25, 0.3) is 0 Å². The van der Waals surface area contributed by atoms with Crippen LogP contribution in [0.2, 0.25) is 5.02 Å². The number of carbonyl (C=O) groups is 1. The van der Waals surface area contributed by atoms with Crippen LogP contribution in [0.4, 0.5) is 4.79 Å². The van der Waals surface area contributed by atoms with Gasteiger partial charge in [0.25, 0.3) is 0 Å². The van der Waals surface area contributed by atoms with E-state index in [0.29, 0.717) is 30.3 Å². The van der Waals surface area contributed by atoms with Gasteiger partial charge in [0.1, 0.15) is 11.7 Å². The molecule has 1 aromatic carbocycles. The Hall–Kier alpha value is -1.81. The van der Waals surface area contributed by atoms with E-state index in [4.69, 9.17) is 21.1 Å². The zero-order valence-corrected chi connectivity index (χ0v) is 17.0. The number of amides is 1. The average molecular weight is 392 g/mol. The molecule has 1 amide bonds. The van der Waals surface area contributed by atoms with Crippen molar-refractivity contribution in [1.82, 2.24) is 9.80 Å². The number of benzene rings is 1. The van der Waals surface area contributed by atoms with Crippen LogP contribution >= 0.6 is 11.6 Å². The summed E-state index contributed by atoms with van der Waals surface area (Å²) in [4.78, 5) is 16.4. The third-order valence-electron chi connectivity index (χ3n) is 5.06. The average Bonchev–Trinajstić information content (AvgIpc) is 2.60. The lowest BCUT2D eigenvalue weighted by molar-refractivity contribution is -0.0908. The second-order valence-electron chi connectivity index (χ2n) is 8.15. The number of hydrogen-bond donors (Lipinski definition) is 0. The fourth-order valence-corrected chi connectivity index (χ4v) is 3.89. The van der Waals surface area contributed by atoms with Crippen LogP contribution < -0.4 is 0 Å². The molecule has 2 aliphatic rings. The number of rotatable bonds is 1. The van der Waals surface area contributed by atoms with Gasteiger partial charge in [-0.2, -0.15) is 5.26 Å². The quantitative estimate of drug-likeness (QED) is 0.732. The third kappa shape index (κ3) is 4.37. The molecule has 27 heavy (non-hydrogen) atoms. The van der Waals surface area contributed by atoms with Crippen LogP contribution in [0.5, 0.6) is 0 Å². The Morgan fingerprint density at radius 3 is 2.74 bits per heavy atom. The second kappa shape index (κ2) is 7.67. The predicted octanol–water partition coefficient (Wildman–Crippen LogP) is 3.51. The van der Waals surface area contributed by atoms with Crippen LogP contribution in [-0.2, 0) is 9.47 Å². The van der Waals surface area contributed by atoms with Crippen molar-refractivity contribution < 1.29 is 14.3 Å². The van der Waals surface area contributed by atoms with E-state index in [0.717, 1.165) is 24.2 Å². The van der Waals surface area contributed by atoms with Crippen molar-refractivity contribution in [3.05, 3.63) is 33.8 Å². The van der Waals surface area contributed by atoms with E-state index < -0.39 is 5.60 Å². The lowest BCUT2D eigenvalue weighted by Gasteiger charge is -2.46. The summed E-state index contributed by atoms with van der Waals surface area (Å²) in [7, 11) is 0. The molecule has 0 unspecified atom stereocenters. The van der Waals surface area contributed by atoms with Crippen molar-refractivity contribution in [2.45, 2.75) is 45.4 Å². The number of ether oxygens (including phenoxy) is 2. The molecule has 0 N–H and O–H groups in total. The number of hydrogen-bond acceptors (Lipinski definition) is 5. The van der Waals surface area contributed by atoms with Gasteiger partial charge in [-0.15, -0.1) is 0 Å². The predicted molar refractivity (Wildman–Crippen MR) is 103 cm³/mol. The molecule has 1 aromatic rings. The fraction of sp³-hybridized carbons (Fsp3) is 0.600. The van der Waals surface area contributed by atoms with Crippen LogP contribution in [0.3, 0.4) is 0 Å². The molecule has 7 heteroatoms. The minimum Gasteiger partial charge on any atom is -0.444 e. The summed E-state index contributed by atoms with van der Waals surface area (Å²) in [5.74, 6) is 0. The summed E-state index contributed by atoms with van der Waals surface area (Å²) < 4.78 is 11.6. The van der Waals surface area contributed by atoms with Gasteiger partial charge >= 0.3 is 6.09 Å². The van der Waals surface area contributed by atoms with Crippen LogP contribution in [0, 0.1) is 18.3 Å².